The van der Waals surface area contributed by atoms with E-state index < -0.39 is 0 Å². The molecule has 0 radical (unpaired) electrons. The van der Waals surface area contributed by atoms with Crippen LogP contribution in [-0.2, 0) is 18.9 Å². The van der Waals surface area contributed by atoms with E-state index in [1.54, 1.807) is 0 Å². The quantitative estimate of drug-likeness (QED) is 0.618. The Bertz CT molecular complexity index is 71.2. The van der Waals surface area contributed by atoms with Crippen molar-refractivity contribution in [3.05, 3.63) is 0 Å². The summed E-state index contributed by atoms with van der Waals surface area (Å²) < 4.78 is 19.3. The molecule has 3 rings (SSSR count). The van der Waals surface area contributed by atoms with Gasteiger partial charge in [0.2, 0.25) is 0 Å². The lowest BCUT2D eigenvalue weighted by atomic mass is 10.4. The van der Waals surface area contributed by atoms with Crippen molar-refractivity contribution in [3.8, 4) is 0 Å². The minimum absolute atomic E-state index is 0.500. The highest BCUT2D eigenvalue weighted by Gasteiger charge is 1.95. The standard InChI is InChI=1S/2C4H8O.C3H6O2/c2*1-2-4-5-3-1;1-2-5-3-4-1/h2*1-4H2;1-3H2. The lowest BCUT2D eigenvalue weighted by molar-refractivity contribution is 0.0692. The third-order valence-electron chi connectivity index (χ3n) is 2.19. The molecule has 0 aromatic rings. The van der Waals surface area contributed by atoms with E-state index in [9.17, 15) is 0 Å². The minimum Gasteiger partial charge on any atom is -0.381 e. The minimum atomic E-state index is 0.500. The van der Waals surface area contributed by atoms with Crippen LogP contribution < -0.4 is 0 Å². The molecule has 90 valence electrons. The zero-order valence-corrected chi connectivity index (χ0v) is 9.41. The molecule has 15 heavy (non-hydrogen) atoms. The molecule has 3 aliphatic rings. The molecule has 3 aliphatic heterocycles. The summed E-state index contributed by atoms with van der Waals surface area (Å²) in [6, 6.07) is 0. The maximum atomic E-state index is 4.94. The van der Waals surface area contributed by atoms with Crippen LogP contribution >= 0.6 is 0 Å². The van der Waals surface area contributed by atoms with Gasteiger partial charge >= 0.3 is 0 Å². The Morgan fingerprint density at radius 3 is 0.933 bits per heavy atom. The molecular formula is C11H22O4. The molecule has 0 unspecified atom stereocenters. The first-order valence-corrected chi connectivity index (χ1v) is 5.81. The molecule has 3 fully saturated rings. The number of hydrogen-bond donors (Lipinski definition) is 0. The summed E-state index contributed by atoms with van der Waals surface area (Å²) in [5.74, 6) is 0. The first-order valence-electron chi connectivity index (χ1n) is 5.81. The van der Waals surface area contributed by atoms with Crippen LogP contribution in [0.2, 0.25) is 0 Å². The monoisotopic (exact) mass is 218 g/mol. The van der Waals surface area contributed by atoms with Crippen molar-refractivity contribution in [1.82, 2.24) is 0 Å². The van der Waals surface area contributed by atoms with Gasteiger partial charge in [-0.15, -0.1) is 0 Å². The molecule has 0 atom stereocenters. The van der Waals surface area contributed by atoms with Gasteiger partial charge in [-0.1, -0.05) is 0 Å². The summed E-state index contributed by atoms with van der Waals surface area (Å²) in [6.45, 7) is 6.06. The van der Waals surface area contributed by atoms with E-state index in [4.69, 9.17) is 18.9 Å². The largest absolute Gasteiger partial charge is 0.381 e. The van der Waals surface area contributed by atoms with Gasteiger partial charge in [0.15, 0.2) is 0 Å². The molecule has 0 aromatic heterocycles. The molecule has 3 heterocycles. The van der Waals surface area contributed by atoms with E-state index in [-0.39, 0.29) is 0 Å². The third kappa shape index (κ3) is 8.81. The SMILES string of the molecule is C1CCOC1.C1CCOC1.C1COCO1. The van der Waals surface area contributed by atoms with Crippen molar-refractivity contribution in [2.45, 2.75) is 25.7 Å². The summed E-state index contributed by atoms with van der Waals surface area (Å²) in [5, 5.41) is 0. The van der Waals surface area contributed by atoms with Gasteiger partial charge in [-0.2, -0.15) is 0 Å². The lowest BCUT2D eigenvalue weighted by Crippen LogP contribution is -1.79. The Labute approximate surface area is 91.8 Å². The molecule has 4 heteroatoms. The predicted molar refractivity (Wildman–Crippen MR) is 56.9 cm³/mol. The molecule has 0 spiro atoms. The van der Waals surface area contributed by atoms with Crippen molar-refractivity contribution in [1.29, 1.82) is 0 Å². The van der Waals surface area contributed by atoms with E-state index in [2.05, 4.69) is 0 Å². The van der Waals surface area contributed by atoms with E-state index in [0.29, 0.717) is 6.79 Å². The van der Waals surface area contributed by atoms with Crippen molar-refractivity contribution in [3.63, 3.8) is 0 Å². The van der Waals surface area contributed by atoms with Gasteiger partial charge in [-0.3, -0.25) is 0 Å². The normalized spacial score (nSPS) is 24.0. The Morgan fingerprint density at radius 2 is 0.800 bits per heavy atom. The zero-order valence-electron chi connectivity index (χ0n) is 9.41. The van der Waals surface area contributed by atoms with Gasteiger partial charge in [-0.05, 0) is 25.7 Å². The van der Waals surface area contributed by atoms with Crippen molar-refractivity contribution in [2.75, 3.05) is 46.4 Å². The van der Waals surface area contributed by atoms with E-state index in [1.165, 1.54) is 25.7 Å². The van der Waals surface area contributed by atoms with Crippen molar-refractivity contribution < 1.29 is 18.9 Å². The van der Waals surface area contributed by atoms with Gasteiger partial charge in [0, 0.05) is 26.4 Å². The fourth-order valence-corrected chi connectivity index (χ4v) is 1.32. The van der Waals surface area contributed by atoms with Crippen LogP contribution in [0.15, 0.2) is 0 Å². The Balaban J connectivity index is 0.000000112. The Kier molecular flexibility index (Phi) is 8.92. The molecular weight excluding hydrogens is 196 g/mol. The second-order valence-electron chi connectivity index (χ2n) is 3.57. The Hall–Kier alpha value is -0.160. The summed E-state index contributed by atoms with van der Waals surface area (Å²) in [7, 11) is 0. The Morgan fingerprint density at radius 1 is 0.400 bits per heavy atom. The van der Waals surface area contributed by atoms with Crippen LogP contribution in [0.4, 0.5) is 0 Å². The summed E-state index contributed by atoms with van der Waals surface area (Å²) in [6.07, 6.45) is 5.11. The molecule has 4 nitrogen and oxygen atoms in total. The smallest absolute Gasteiger partial charge is 0.146 e. The fourth-order valence-electron chi connectivity index (χ4n) is 1.32. The van der Waals surface area contributed by atoms with Gasteiger partial charge in [0.05, 0.1) is 13.2 Å². The molecule has 0 saturated carbocycles. The van der Waals surface area contributed by atoms with Gasteiger partial charge < -0.3 is 18.9 Å². The van der Waals surface area contributed by atoms with Crippen LogP contribution in [0.1, 0.15) is 25.7 Å². The van der Waals surface area contributed by atoms with E-state index in [1.807, 2.05) is 0 Å². The molecule has 0 aliphatic carbocycles. The van der Waals surface area contributed by atoms with Gasteiger partial charge in [-0.25, -0.2) is 0 Å². The second-order valence-corrected chi connectivity index (χ2v) is 3.57. The fraction of sp³-hybridized carbons (Fsp3) is 1.00. The highest BCUT2D eigenvalue weighted by molar-refractivity contribution is 4.44. The lowest BCUT2D eigenvalue weighted by Gasteiger charge is -1.76. The molecule has 0 aromatic carbocycles. The van der Waals surface area contributed by atoms with Crippen molar-refractivity contribution in [2.24, 2.45) is 0 Å². The van der Waals surface area contributed by atoms with Crippen LogP contribution in [-0.4, -0.2) is 46.4 Å². The molecule has 0 bridgehead atoms. The maximum absolute atomic E-state index is 4.94. The first kappa shape index (κ1) is 12.9. The summed E-state index contributed by atoms with van der Waals surface area (Å²) in [4.78, 5) is 0. The number of hydrogen-bond acceptors (Lipinski definition) is 4. The summed E-state index contributed by atoms with van der Waals surface area (Å²) >= 11 is 0. The van der Waals surface area contributed by atoms with Gasteiger partial charge in [0.1, 0.15) is 6.79 Å². The number of ether oxygens (including phenoxy) is 4. The van der Waals surface area contributed by atoms with Crippen LogP contribution in [0.25, 0.3) is 0 Å². The maximum Gasteiger partial charge on any atom is 0.146 e. The number of rotatable bonds is 0. The highest BCUT2D eigenvalue weighted by Crippen LogP contribution is 1.98. The molecule has 0 N–H and O–H groups in total. The summed E-state index contributed by atoms with van der Waals surface area (Å²) in [5.41, 5.74) is 0. The molecule has 0 amide bonds. The predicted octanol–water partition coefficient (Wildman–Crippen LogP) is 1.58. The van der Waals surface area contributed by atoms with Crippen LogP contribution in [0, 0.1) is 0 Å². The first-order chi connectivity index (χ1) is 7.50. The average Bonchev–Trinajstić information content (AvgIpc) is 3.09. The van der Waals surface area contributed by atoms with E-state index >= 15 is 0 Å². The van der Waals surface area contributed by atoms with Gasteiger partial charge in [0.25, 0.3) is 0 Å². The zero-order chi connectivity index (χ0) is 10.6. The van der Waals surface area contributed by atoms with Crippen LogP contribution in [0.5, 0.6) is 0 Å². The highest BCUT2D eigenvalue weighted by atomic mass is 16.7. The van der Waals surface area contributed by atoms with E-state index in [0.717, 1.165) is 39.6 Å². The van der Waals surface area contributed by atoms with Crippen LogP contribution in [0.3, 0.4) is 0 Å². The molecule has 3 saturated heterocycles. The second kappa shape index (κ2) is 10.4. The third-order valence-corrected chi connectivity index (χ3v) is 2.19. The van der Waals surface area contributed by atoms with Crippen molar-refractivity contribution >= 4 is 0 Å². The average molecular weight is 218 g/mol. The topological polar surface area (TPSA) is 36.9 Å².